The summed E-state index contributed by atoms with van der Waals surface area (Å²) in [5, 5.41) is 15.5. The molecular formula is C7H12N2O2. The summed E-state index contributed by atoms with van der Waals surface area (Å²) in [5.41, 5.74) is -0.661. The van der Waals surface area contributed by atoms with Gasteiger partial charge < -0.3 is 15.7 Å². The van der Waals surface area contributed by atoms with Crippen molar-refractivity contribution < 1.29 is 9.90 Å². The molecule has 0 aliphatic carbocycles. The number of carbonyl (C=O) groups excluding carboxylic acids is 1. The van der Waals surface area contributed by atoms with E-state index in [9.17, 15) is 9.90 Å². The van der Waals surface area contributed by atoms with Crippen LogP contribution in [0.3, 0.4) is 0 Å². The molecule has 1 atom stereocenters. The van der Waals surface area contributed by atoms with Crippen LogP contribution in [0.1, 0.15) is 12.8 Å². The van der Waals surface area contributed by atoms with Crippen molar-refractivity contribution in [2.75, 3.05) is 13.1 Å². The lowest BCUT2D eigenvalue weighted by Crippen LogP contribution is -2.68. The number of hydrogen-bond donors (Lipinski definition) is 3. The first kappa shape index (κ1) is 7.06. The number of rotatable bonds is 1. The van der Waals surface area contributed by atoms with Crippen LogP contribution in [0.25, 0.3) is 0 Å². The zero-order valence-electron chi connectivity index (χ0n) is 6.26. The van der Waals surface area contributed by atoms with Crippen molar-refractivity contribution in [1.29, 1.82) is 0 Å². The van der Waals surface area contributed by atoms with Crippen LogP contribution in [0, 0.1) is 0 Å². The first-order valence-corrected chi connectivity index (χ1v) is 3.93. The average molecular weight is 156 g/mol. The lowest BCUT2D eigenvalue weighted by molar-refractivity contribution is -0.120. The van der Waals surface area contributed by atoms with Gasteiger partial charge in [-0.1, -0.05) is 0 Å². The summed E-state index contributed by atoms with van der Waals surface area (Å²) in [6, 6.07) is -0.0174. The van der Waals surface area contributed by atoms with E-state index in [2.05, 4.69) is 10.6 Å². The molecule has 0 aromatic rings. The lowest BCUT2D eigenvalue weighted by atomic mass is 9.87. The van der Waals surface area contributed by atoms with Gasteiger partial charge in [0.1, 0.15) is 5.60 Å². The van der Waals surface area contributed by atoms with Gasteiger partial charge in [-0.25, -0.2) is 0 Å². The van der Waals surface area contributed by atoms with Gasteiger partial charge in [0.15, 0.2) is 0 Å². The molecule has 2 aliphatic heterocycles. The summed E-state index contributed by atoms with van der Waals surface area (Å²) in [4.78, 5) is 10.8. The Morgan fingerprint density at radius 2 is 2.27 bits per heavy atom. The molecule has 1 unspecified atom stereocenters. The maximum Gasteiger partial charge on any atom is 0.220 e. The van der Waals surface area contributed by atoms with Crippen LogP contribution < -0.4 is 10.6 Å². The summed E-state index contributed by atoms with van der Waals surface area (Å²) in [6.07, 6.45) is 1.34. The summed E-state index contributed by atoms with van der Waals surface area (Å²) >= 11 is 0. The van der Waals surface area contributed by atoms with E-state index in [0.717, 1.165) is 6.42 Å². The van der Waals surface area contributed by atoms with E-state index in [1.165, 1.54) is 0 Å². The molecule has 2 rings (SSSR count). The molecule has 2 aliphatic rings. The fourth-order valence-corrected chi connectivity index (χ4v) is 1.64. The molecule has 0 bridgehead atoms. The molecule has 2 heterocycles. The van der Waals surface area contributed by atoms with Crippen LogP contribution in [0.5, 0.6) is 0 Å². The Balaban J connectivity index is 2.00. The van der Waals surface area contributed by atoms with E-state index >= 15 is 0 Å². The van der Waals surface area contributed by atoms with Gasteiger partial charge in [0.25, 0.3) is 0 Å². The predicted octanol–water partition coefficient (Wildman–Crippen LogP) is -1.40. The third kappa shape index (κ3) is 1.02. The molecule has 11 heavy (non-hydrogen) atoms. The molecule has 4 heteroatoms. The van der Waals surface area contributed by atoms with Gasteiger partial charge in [-0.2, -0.15) is 0 Å². The maximum atomic E-state index is 10.8. The fraction of sp³-hybridized carbons (Fsp3) is 0.857. The van der Waals surface area contributed by atoms with E-state index in [4.69, 9.17) is 0 Å². The number of hydrogen-bond acceptors (Lipinski definition) is 3. The van der Waals surface area contributed by atoms with Crippen molar-refractivity contribution in [3.63, 3.8) is 0 Å². The topological polar surface area (TPSA) is 61.4 Å². The van der Waals surface area contributed by atoms with Crippen molar-refractivity contribution in [1.82, 2.24) is 10.6 Å². The summed E-state index contributed by atoms with van der Waals surface area (Å²) in [5.74, 6) is 0.0651. The van der Waals surface area contributed by atoms with Crippen molar-refractivity contribution in [3.8, 4) is 0 Å². The molecular weight excluding hydrogens is 144 g/mol. The van der Waals surface area contributed by atoms with Crippen molar-refractivity contribution in [2.45, 2.75) is 24.5 Å². The highest BCUT2D eigenvalue weighted by Crippen LogP contribution is 2.23. The number of aliphatic hydroxyl groups is 1. The molecule has 4 nitrogen and oxygen atoms in total. The molecule has 2 fully saturated rings. The standard InChI is InChI=1S/C7H12N2O2/c10-6-2-1-5(9-6)7(11)3-8-4-7/h5,8,11H,1-4H2,(H,9,10). The summed E-state index contributed by atoms with van der Waals surface area (Å²) < 4.78 is 0. The minimum atomic E-state index is -0.661. The minimum Gasteiger partial charge on any atom is -0.385 e. The Bertz CT molecular complexity index is 189. The highest BCUT2D eigenvalue weighted by atomic mass is 16.3. The van der Waals surface area contributed by atoms with Gasteiger partial charge in [0.2, 0.25) is 5.91 Å². The molecule has 0 aromatic carbocycles. The van der Waals surface area contributed by atoms with Gasteiger partial charge >= 0.3 is 0 Å². The van der Waals surface area contributed by atoms with Crippen LogP contribution in [-0.4, -0.2) is 35.7 Å². The SMILES string of the molecule is O=C1CCC(C2(O)CNC2)N1. The molecule has 2 saturated heterocycles. The van der Waals surface area contributed by atoms with Gasteiger partial charge in [0, 0.05) is 19.5 Å². The Morgan fingerprint density at radius 1 is 1.55 bits per heavy atom. The van der Waals surface area contributed by atoms with E-state index in [-0.39, 0.29) is 11.9 Å². The maximum absolute atomic E-state index is 10.8. The lowest BCUT2D eigenvalue weighted by Gasteiger charge is -2.42. The van der Waals surface area contributed by atoms with Crippen LogP contribution in [0.2, 0.25) is 0 Å². The second-order valence-electron chi connectivity index (χ2n) is 3.37. The Kier molecular flexibility index (Phi) is 1.40. The minimum absolute atomic E-state index is 0.0174. The van der Waals surface area contributed by atoms with Gasteiger partial charge in [-0.15, -0.1) is 0 Å². The first-order chi connectivity index (χ1) is 5.21. The summed E-state index contributed by atoms with van der Waals surface area (Å²) in [6.45, 7) is 1.22. The van der Waals surface area contributed by atoms with Crippen LogP contribution in [0.15, 0.2) is 0 Å². The van der Waals surface area contributed by atoms with E-state index < -0.39 is 5.60 Å². The van der Waals surface area contributed by atoms with Crippen LogP contribution >= 0.6 is 0 Å². The molecule has 0 spiro atoms. The smallest absolute Gasteiger partial charge is 0.220 e. The predicted molar refractivity (Wildman–Crippen MR) is 39.0 cm³/mol. The summed E-state index contributed by atoms with van der Waals surface area (Å²) in [7, 11) is 0. The Labute approximate surface area is 65.0 Å². The van der Waals surface area contributed by atoms with Crippen molar-refractivity contribution in [3.05, 3.63) is 0 Å². The van der Waals surface area contributed by atoms with E-state index in [1.54, 1.807) is 0 Å². The van der Waals surface area contributed by atoms with Crippen LogP contribution in [-0.2, 0) is 4.79 Å². The number of β-amino-alcohol motifs (C(OH)–C–C–N with tert-alkyl or cyclic N) is 1. The van der Waals surface area contributed by atoms with Crippen molar-refractivity contribution in [2.24, 2.45) is 0 Å². The average Bonchev–Trinajstić information content (AvgIpc) is 2.31. The Hall–Kier alpha value is -0.610. The molecule has 0 aromatic heterocycles. The van der Waals surface area contributed by atoms with Crippen molar-refractivity contribution >= 4 is 5.91 Å². The fourth-order valence-electron chi connectivity index (χ4n) is 1.64. The van der Waals surface area contributed by atoms with Gasteiger partial charge in [0.05, 0.1) is 6.04 Å². The Morgan fingerprint density at radius 3 is 2.64 bits per heavy atom. The molecule has 0 radical (unpaired) electrons. The second-order valence-corrected chi connectivity index (χ2v) is 3.37. The van der Waals surface area contributed by atoms with E-state index in [0.29, 0.717) is 19.5 Å². The number of nitrogens with one attached hydrogen (secondary N) is 2. The number of amides is 1. The van der Waals surface area contributed by atoms with E-state index in [1.807, 2.05) is 0 Å². The number of carbonyl (C=O) groups is 1. The van der Waals surface area contributed by atoms with Gasteiger partial charge in [-0.3, -0.25) is 4.79 Å². The largest absolute Gasteiger partial charge is 0.385 e. The third-order valence-corrected chi connectivity index (χ3v) is 2.51. The van der Waals surface area contributed by atoms with Crippen LogP contribution in [0.4, 0.5) is 0 Å². The normalized spacial score (nSPS) is 34.6. The zero-order valence-corrected chi connectivity index (χ0v) is 6.26. The molecule has 62 valence electrons. The third-order valence-electron chi connectivity index (χ3n) is 2.51. The zero-order chi connectivity index (χ0) is 7.90. The monoisotopic (exact) mass is 156 g/mol. The highest BCUT2D eigenvalue weighted by Gasteiger charge is 2.45. The highest BCUT2D eigenvalue weighted by molar-refractivity contribution is 5.78. The molecule has 3 N–H and O–H groups in total. The van der Waals surface area contributed by atoms with Gasteiger partial charge in [-0.05, 0) is 6.42 Å². The first-order valence-electron chi connectivity index (χ1n) is 3.93. The quantitative estimate of drug-likeness (QED) is 0.437. The molecule has 0 saturated carbocycles. The molecule has 1 amide bonds. The second kappa shape index (κ2) is 2.19.